The number of aliphatic imine (C=N–C) groups is 1. The van der Waals surface area contributed by atoms with Crippen molar-refractivity contribution in [3.05, 3.63) is 94.3 Å². The number of halogens is 2. The maximum Gasteiger partial charge on any atom is 0.262 e. The van der Waals surface area contributed by atoms with Gasteiger partial charge in [-0.05, 0) is 60.0 Å². The van der Waals surface area contributed by atoms with Crippen LogP contribution in [0.3, 0.4) is 0 Å². The Morgan fingerprint density at radius 2 is 1.89 bits per heavy atom. The number of rotatable bonds is 6. The minimum atomic E-state index is -0.702. The van der Waals surface area contributed by atoms with E-state index in [1.807, 2.05) is 48.5 Å². The summed E-state index contributed by atoms with van der Waals surface area (Å²) in [5.74, 6) is -0.472. The first kappa shape index (κ1) is 25.9. The number of thioether (sulfide) groups is 1. The number of carbonyl (C=O) groups is 2. The molecule has 0 aliphatic carbocycles. The monoisotopic (exact) mass is 550 g/mol. The average molecular weight is 551 g/mol. The zero-order chi connectivity index (χ0) is 26.8. The van der Waals surface area contributed by atoms with Gasteiger partial charge >= 0.3 is 0 Å². The van der Waals surface area contributed by atoms with E-state index in [-0.39, 0.29) is 12.5 Å². The summed E-state index contributed by atoms with van der Waals surface area (Å²) in [6.45, 7) is 1.64. The van der Waals surface area contributed by atoms with Crippen LogP contribution in [0.1, 0.15) is 35.6 Å². The van der Waals surface area contributed by atoms with Crippen LogP contribution in [-0.2, 0) is 9.59 Å². The molecule has 0 bridgehead atoms. The molecule has 194 valence electrons. The van der Waals surface area contributed by atoms with Crippen LogP contribution in [0, 0.1) is 12.7 Å². The summed E-state index contributed by atoms with van der Waals surface area (Å²) in [7, 11) is 1.61. The second-order valence-corrected chi connectivity index (χ2v) is 10.6. The first-order chi connectivity index (χ1) is 18.3. The minimum Gasteiger partial charge on any atom is -0.497 e. The van der Waals surface area contributed by atoms with E-state index in [1.165, 1.54) is 17.8 Å². The summed E-state index contributed by atoms with van der Waals surface area (Å²) in [5.41, 5.74) is 3.56. The molecular formula is C28H24ClFN4O3S. The van der Waals surface area contributed by atoms with Gasteiger partial charge in [0.15, 0.2) is 5.17 Å². The Morgan fingerprint density at radius 3 is 2.58 bits per heavy atom. The lowest BCUT2D eigenvalue weighted by Gasteiger charge is -2.23. The summed E-state index contributed by atoms with van der Waals surface area (Å²) in [6.07, 6.45) is 0.493. The summed E-state index contributed by atoms with van der Waals surface area (Å²) in [5, 5.41) is 9.60. The molecule has 0 radical (unpaired) electrons. The molecule has 2 aliphatic rings. The Hall–Kier alpha value is -3.69. The largest absolute Gasteiger partial charge is 0.497 e. The van der Waals surface area contributed by atoms with Crippen LogP contribution < -0.4 is 10.1 Å². The predicted octanol–water partition coefficient (Wildman–Crippen LogP) is 5.97. The fraction of sp³-hybridized carbons (Fsp3) is 0.214. The van der Waals surface area contributed by atoms with Crippen LogP contribution in [0.4, 0.5) is 10.1 Å². The molecule has 0 fully saturated rings. The van der Waals surface area contributed by atoms with Gasteiger partial charge in [0.1, 0.15) is 16.8 Å². The first-order valence-electron chi connectivity index (χ1n) is 11.9. The molecule has 2 aliphatic heterocycles. The van der Waals surface area contributed by atoms with Gasteiger partial charge in [0.2, 0.25) is 5.91 Å². The third-order valence-corrected chi connectivity index (χ3v) is 7.73. The predicted molar refractivity (Wildman–Crippen MR) is 148 cm³/mol. The Labute approximate surface area is 228 Å². The number of anilines is 1. The molecule has 0 saturated carbocycles. The van der Waals surface area contributed by atoms with Gasteiger partial charge in [-0.1, -0.05) is 53.7 Å². The number of hydrazone groups is 1. The topological polar surface area (TPSA) is 83.4 Å². The van der Waals surface area contributed by atoms with Crippen LogP contribution in [-0.4, -0.2) is 40.1 Å². The average Bonchev–Trinajstić information content (AvgIpc) is 3.50. The normalized spacial score (nSPS) is 18.8. The summed E-state index contributed by atoms with van der Waals surface area (Å²) in [6, 6.07) is 19.4. The van der Waals surface area contributed by atoms with Gasteiger partial charge in [-0.25, -0.2) is 9.40 Å². The zero-order valence-electron chi connectivity index (χ0n) is 20.7. The molecule has 3 aromatic rings. The molecule has 5 rings (SSSR count). The number of methoxy groups -OCH3 is 1. The lowest BCUT2D eigenvalue weighted by molar-refractivity contribution is -0.121. The molecule has 0 saturated heterocycles. The molecule has 1 N–H and O–H groups in total. The fourth-order valence-electron chi connectivity index (χ4n) is 4.24. The molecule has 3 aromatic carbocycles. The smallest absolute Gasteiger partial charge is 0.262 e. The number of ether oxygens (including phenoxy) is 1. The van der Waals surface area contributed by atoms with Crippen LogP contribution in [0.15, 0.2) is 76.8 Å². The van der Waals surface area contributed by atoms with Crippen LogP contribution >= 0.6 is 23.4 Å². The fourth-order valence-corrected chi connectivity index (χ4v) is 5.43. The Morgan fingerprint density at radius 1 is 1.16 bits per heavy atom. The minimum absolute atomic E-state index is 0.0964. The Kier molecular flexibility index (Phi) is 7.49. The Bertz CT molecular complexity index is 1440. The number of aryl methyl sites for hydroxylation is 1. The lowest BCUT2D eigenvalue weighted by Crippen LogP contribution is -2.25. The quantitative estimate of drug-likeness (QED) is 0.408. The zero-order valence-corrected chi connectivity index (χ0v) is 22.2. The van der Waals surface area contributed by atoms with Gasteiger partial charge in [-0.2, -0.15) is 10.1 Å². The van der Waals surface area contributed by atoms with Crippen molar-refractivity contribution in [3.63, 3.8) is 0 Å². The van der Waals surface area contributed by atoms with Crippen LogP contribution in [0.25, 0.3) is 0 Å². The molecule has 2 atom stereocenters. The van der Waals surface area contributed by atoms with Gasteiger partial charge in [-0.15, -0.1) is 0 Å². The van der Waals surface area contributed by atoms with Crippen molar-refractivity contribution in [2.45, 2.75) is 31.1 Å². The maximum absolute atomic E-state index is 13.9. The number of amidine groups is 1. The number of nitrogens with zero attached hydrogens (tertiary/aromatic N) is 3. The van der Waals surface area contributed by atoms with E-state index in [2.05, 4.69) is 10.3 Å². The van der Waals surface area contributed by atoms with E-state index in [4.69, 9.17) is 21.4 Å². The van der Waals surface area contributed by atoms with E-state index < -0.39 is 22.9 Å². The third-order valence-electron chi connectivity index (χ3n) is 6.34. The second-order valence-electron chi connectivity index (χ2n) is 8.95. The van der Waals surface area contributed by atoms with Crippen molar-refractivity contribution in [2.24, 2.45) is 10.1 Å². The lowest BCUT2D eigenvalue weighted by atomic mass is 9.98. The van der Waals surface area contributed by atoms with Crippen LogP contribution in [0.5, 0.6) is 5.75 Å². The van der Waals surface area contributed by atoms with Gasteiger partial charge in [-0.3, -0.25) is 9.59 Å². The summed E-state index contributed by atoms with van der Waals surface area (Å²) >= 11 is 7.27. The molecule has 0 spiro atoms. The SMILES string of the molecule is COc1ccc([C@H]2CC(c3ccc(Cl)cc3)=NN2C2=NC(=O)[C@H](CC(=O)Nc3ccc(C)c(F)c3)S2)cc1. The van der Waals surface area contributed by atoms with Crippen molar-refractivity contribution < 1.29 is 18.7 Å². The molecule has 7 nitrogen and oxygen atoms in total. The standard InChI is InChI=1S/C28H24ClFN4O3S/c1-16-3-10-20(13-22(16)30)31-26(35)15-25-27(36)32-28(38-25)34-24(18-6-11-21(37-2)12-7-18)14-23(33-34)17-4-8-19(29)9-5-17/h3-13,24-25H,14-15H2,1-2H3,(H,31,35)/t24-,25+/m1/s1. The van der Waals surface area contributed by atoms with Gasteiger partial charge in [0.25, 0.3) is 5.91 Å². The van der Waals surface area contributed by atoms with Crippen molar-refractivity contribution in [1.29, 1.82) is 0 Å². The van der Waals surface area contributed by atoms with Crippen molar-refractivity contribution in [3.8, 4) is 5.75 Å². The van der Waals surface area contributed by atoms with Crippen molar-refractivity contribution in [2.75, 3.05) is 12.4 Å². The third kappa shape index (κ3) is 5.58. The second kappa shape index (κ2) is 11.0. The first-order valence-corrected chi connectivity index (χ1v) is 13.2. The number of amides is 2. The number of benzene rings is 3. The van der Waals surface area contributed by atoms with E-state index in [0.29, 0.717) is 27.9 Å². The van der Waals surface area contributed by atoms with Crippen LogP contribution in [0.2, 0.25) is 5.02 Å². The number of hydrogen-bond acceptors (Lipinski definition) is 6. The van der Waals surface area contributed by atoms with Gasteiger partial charge in [0.05, 0.1) is 18.9 Å². The highest BCUT2D eigenvalue weighted by Gasteiger charge is 2.39. The molecule has 0 aromatic heterocycles. The highest BCUT2D eigenvalue weighted by Crippen LogP contribution is 2.39. The molecule has 2 amide bonds. The highest BCUT2D eigenvalue weighted by atomic mass is 35.5. The van der Waals surface area contributed by atoms with Gasteiger partial charge in [0, 0.05) is 23.6 Å². The molecule has 10 heteroatoms. The highest BCUT2D eigenvalue weighted by molar-refractivity contribution is 8.15. The van der Waals surface area contributed by atoms with E-state index in [0.717, 1.165) is 22.6 Å². The van der Waals surface area contributed by atoms with Crippen molar-refractivity contribution in [1.82, 2.24) is 5.01 Å². The van der Waals surface area contributed by atoms with E-state index >= 15 is 0 Å². The molecular weight excluding hydrogens is 527 g/mol. The Balaban J connectivity index is 1.34. The molecule has 38 heavy (non-hydrogen) atoms. The number of carbonyl (C=O) groups excluding carboxylic acids is 2. The number of nitrogens with one attached hydrogen (secondary N) is 1. The molecule has 2 heterocycles. The van der Waals surface area contributed by atoms with E-state index in [1.54, 1.807) is 31.2 Å². The number of hydrogen-bond donors (Lipinski definition) is 1. The summed E-state index contributed by atoms with van der Waals surface area (Å²) < 4.78 is 19.1. The molecule has 0 unspecified atom stereocenters. The van der Waals surface area contributed by atoms with E-state index in [9.17, 15) is 14.0 Å². The van der Waals surface area contributed by atoms with Crippen molar-refractivity contribution >= 4 is 51.7 Å². The maximum atomic E-state index is 13.9. The van der Waals surface area contributed by atoms with Gasteiger partial charge < -0.3 is 10.1 Å². The summed E-state index contributed by atoms with van der Waals surface area (Å²) in [4.78, 5) is 29.7.